The van der Waals surface area contributed by atoms with E-state index in [0.717, 1.165) is 30.2 Å². The van der Waals surface area contributed by atoms with Crippen molar-refractivity contribution in [1.29, 1.82) is 0 Å². The van der Waals surface area contributed by atoms with Crippen molar-refractivity contribution in [3.63, 3.8) is 0 Å². The van der Waals surface area contributed by atoms with Gasteiger partial charge in [-0.1, -0.05) is 19.1 Å². The largest absolute Gasteiger partial charge is 0.493 e. The van der Waals surface area contributed by atoms with Gasteiger partial charge in [-0.05, 0) is 26.5 Å². The Hall–Kier alpha value is -1.26. The topological polar surface area (TPSA) is 39.7 Å². The first-order valence-electron chi connectivity index (χ1n) is 6.80. The molecule has 0 aromatic heterocycles. The maximum Gasteiger partial charge on any atom is 0.165 e. The lowest BCUT2D eigenvalue weighted by Crippen LogP contribution is -2.15. The Morgan fingerprint density at radius 1 is 1.21 bits per heavy atom. The molecule has 0 radical (unpaired) electrons. The summed E-state index contributed by atoms with van der Waals surface area (Å²) in [7, 11) is 1.66. The third kappa shape index (κ3) is 5.49. The summed E-state index contributed by atoms with van der Waals surface area (Å²) in [6.45, 7) is 8.91. The summed E-state index contributed by atoms with van der Waals surface area (Å²) < 4.78 is 16.6. The number of para-hydroxylation sites is 1. The molecule has 0 bridgehead atoms. The molecule has 1 aromatic rings. The van der Waals surface area contributed by atoms with E-state index in [4.69, 9.17) is 14.2 Å². The molecule has 1 N–H and O–H groups in total. The number of ether oxygens (including phenoxy) is 3. The molecule has 1 aromatic carbocycles. The normalized spacial score (nSPS) is 10.8. The van der Waals surface area contributed by atoms with Gasteiger partial charge in [0.2, 0.25) is 0 Å². The van der Waals surface area contributed by atoms with E-state index in [1.807, 2.05) is 32.0 Å². The standard InChI is InChI=1S/C15H25NO3/c1-5-16-11-13-7-6-8-14(17-4)15(13)19-10-9-18-12(2)3/h6-8,12,16H,5,9-11H2,1-4H3. The van der Waals surface area contributed by atoms with E-state index in [0.29, 0.717) is 13.2 Å². The first-order chi connectivity index (χ1) is 9.19. The van der Waals surface area contributed by atoms with E-state index in [-0.39, 0.29) is 6.10 Å². The van der Waals surface area contributed by atoms with Crippen LogP contribution in [0.4, 0.5) is 0 Å². The predicted molar refractivity (Wildman–Crippen MR) is 77.0 cm³/mol. The highest BCUT2D eigenvalue weighted by Gasteiger charge is 2.10. The highest BCUT2D eigenvalue weighted by molar-refractivity contribution is 5.46. The van der Waals surface area contributed by atoms with Crippen LogP contribution in [0, 0.1) is 0 Å². The number of rotatable bonds is 9. The third-order valence-electron chi connectivity index (χ3n) is 2.63. The predicted octanol–water partition coefficient (Wildman–Crippen LogP) is 2.61. The average molecular weight is 267 g/mol. The van der Waals surface area contributed by atoms with Crippen LogP contribution < -0.4 is 14.8 Å². The Labute approximate surface area is 116 Å². The number of nitrogens with one attached hydrogen (secondary N) is 1. The van der Waals surface area contributed by atoms with Gasteiger partial charge in [0, 0.05) is 12.1 Å². The summed E-state index contributed by atoms with van der Waals surface area (Å²) in [5.74, 6) is 1.57. The fourth-order valence-electron chi connectivity index (χ4n) is 1.71. The van der Waals surface area contributed by atoms with Crippen LogP contribution in [0.5, 0.6) is 11.5 Å². The van der Waals surface area contributed by atoms with Gasteiger partial charge in [0.1, 0.15) is 6.61 Å². The molecule has 0 aliphatic heterocycles. The molecule has 4 nitrogen and oxygen atoms in total. The Morgan fingerprint density at radius 2 is 2.00 bits per heavy atom. The molecule has 0 amide bonds. The van der Waals surface area contributed by atoms with Crippen LogP contribution >= 0.6 is 0 Å². The van der Waals surface area contributed by atoms with Crippen LogP contribution in [0.3, 0.4) is 0 Å². The molecule has 1 rings (SSSR count). The van der Waals surface area contributed by atoms with Crippen molar-refractivity contribution in [2.24, 2.45) is 0 Å². The van der Waals surface area contributed by atoms with Gasteiger partial charge in [-0.25, -0.2) is 0 Å². The first-order valence-corrected chi connectivity index (χ1v) is 6.80. The van der Waals surface area contributed by atoms with E-state index >= 15 is 0 Å². The zero-order valence-electron chi connectivity index (χ0n) is 12.4. The number of benzene rings is 1. The Kier molecular flexibility index (Phi) is 7.30. The van der Waals surface area contributed by atoms with Crippen molar-refractivity contribution < 1.29 is 14.2 Å². The van der Waals surface area contributed by atoms with Gasteiger partial charge >= 0.3 is 0 Å². The minimum absolute atomic E-state index is 0.225. The van der Waals surface area contributed by atoms with E-state index in [9.17, 15) is 0 Å². The van der Waals surface area contributed by atoms with Crippen LogP contribution in [0.1, 0.15) is 26.3 Å². The van der Waals surface area contributed by atoms with Crippen LogP contribution in [-0.4, -0.2) is 33.0 Å². The summed E-state index contributed by atoms with van der Waals surface area (Å²) in [6, 6.07) is 5.93. The van der Waals surface area contributed by atoms with Crippen molar-refractivity contribution in [3.8, 4) is 11.5 Å². The van der Waals surface area contributed by atoms with Gasteiger partial charge in [0.05, 0.1) is 19.8 Å². The van der Waals surface area contributed by atoms with Gasteiger partial charge in [-0.15, -0.1) is 0 Å². The second-order valence-electron chi connectivity index (χ2n) is 4.50. The Morgan fingerprint density at radius 3 is 2.63 bits per heavy atom. The molecule has 0 atom stereocenters. The number of hydrogen-bond donors (Lipinski definition) is 1. The van der Waals surface area contributed by atoms with Crippen molar-refractivity contribution >= 4 is 0 Å². The Bertz CT molecular complexity index is 366. The second-order valence-corrected chi connectivity index (χ2v) is 4.50. The fourth-order valence-corrected chi connectivity index (χ4v) is 1.71. The maximum absolute atomic E-state index is 5.82. The summed E-state index contributed by atoms with van der Waals surface area (Å²) in [4.78, 5) is 0. The molecule has 0 aliphatic rings. The summed E-state index contributed by atoms with van der Waals surface area (Å²) in [5, 5.41) is 3.30. The molecular weight excluding hydrogens is 242 g/mol. The van der Waals surface area contributed by atoms with E-state index in [2.05, 4.69) is 12.2 Å². The number of methoxy groups -OCH3 is 1. The SMILES string of the molecule is CCNCc1cccc(OC)c1OCCOC(C)C. The van der Waals surface area contributed by atoms with Gasteiger partial charge in [0.25, 0.3) is 0 Å². The lowest BCUT2D eigenvalue weighted by atomic mass is 10.2. The molecule has 19 heavy (non-hydrogen) atoms. The van der Waals surface area contributed by atoms with Crippen molar-refractivity contribution in [3.05, 3.63) is 23.8 Å². The minimum Gasteiger partial charge on any atom is -0.493 e. The van der Waals surface area contributed by atoms with Crippen LogP contribution in [0.15, 0.2) is 18.2 Å². The molecule has 0 heterocycles. The third-order valence-corrected chi connectivity index (χ3v) is 2.63. The van der Waals surface area contributed by atoms with E-state index in [1.165, 1.54) is 0 Å². The van der Waals surface area contributed by atoms with Gasteiger partial charge in [-0.2, -0.15) is 0 Å². The van der Waals surface area contributed by atoms with Gasteiger partial charge in [-0.3, -0.25) is 0 Å². The molecule has 4 heteroatoms. The zero-order valence-corrected chi connectivity index (χ0v) is 12.4. The molecule has 0 saturated carbocycles. The monoisotopic (exact) mass is 267 g/mol. The minimum atomic E-state index is 0.225. The number of hydrogen-bond acceptors (Lipinski definition) is 4. The van der Waals surface area contributed by atoms with E-state index in [1.54, 1.807) is 7.11 Å². The van der Waals surface area contributed by atoms with Crippen LogP contribution in [0.2, 0.25) is 0 Å². The lowest BCUT2D eigenvalue weighted by Gasteiger charge is -2.16. The smallest absolute Gasteiger partial charge is 0.165 e. The lowest BCUT2D eigenvalue weighted by molar-refractivity contribution is 0.0544. The molecule has 108 valence electrons. The molecule has 0 saturated heterocycles. The molecule has 0 fully saturated rings. The molecule has 0 unspecified atom stereocenters. The van der Waals surface area contributed by atoms with Crippen molar-refractivity contribution in [2.45, 2.75) is 33.4 Å². The second kappa shape index (κ2) is 8.77. The van der Waals surface area contributed by atoms with Crippen molar-refractivity contribution in [2.75, 3.05) is 26.9 Å². The molecular formula is C15H25NO3. The van der Waals surface area contributed by atoms with Gasteiger partial charge < -0.3 is 19.5 Å². The highest BCUT2D eigenvalue weighted by Crippen LogP contribution is 2.30. The maximum atomic E-state index is 5.82. The summed E-state index contributed by atoms with van der Waals surface area (Å²) in [6.07, 6.45) is 0.225. The summed E-state index contributed by atoms with van der Waals surface area (Å²) >= 11 is 0. The first kappa shape index (κ1) is 15.8. The van der Waals surface area contributed by atoms with Gasteiger partial charge in [0.15, 0.2) is 11.5 Å². The fraction of sp³-hybridized carbons (Fsp3) is 0.600. The highest BCUT2D eigenvalue weighted by atomic mass is 16.5. The quantitative estimate of drug-likeness (QED) is 0.698. The molecule has 0 spiro atoms. The summed E-state index contributed by atoms with van der Waals surface area (Å²) in [5.41, 5.74) is 1.10. The van der Waals surface area contributed by atoms with Crippen LogP contribution in [0.25, 0.3) is 0 Å². The van der Waals surface area contributed by atoms with Crippen LogP contribution in [-0.2, 0) is 11.3 Å². The zero-order chi connectivity index (χ0) is 14.1. The van der Waals surface area contributed by atoms with E-state index < -0.39 is 0 Å². The Balaban J connectivity index is 2.65. The average Bonchev–Trinajstić information content (AvgIpc) is 2.41. The van der Waals surface area contributed by atoms with Crippen molar-refractivity contribution in [1.82, 2.24) is 5.32 Å². The molecule has 0 aliphatic carbocycles.